The van der Waals surface area contributed by atoms with Gasteiger partial charge in [0.05, 0.1) is 0 Å². The van der Waals surface area contributed by atoms with Gasteiger partial charge in [0.2, 0.25) is 0 Å². The molecule has 0 amide bonds. The van der Waals surface area contributed by atoms with Crippen molar-refractivity contribution in [1.29, 1.82) is 0 Å². The molecule has 0 unspecified atom stereocenters. The van der Waals surface area contributed by atoms with Crippen LogP contribution in [0.15, 0.2) is 18.2 Å². The number of carbonyl (C=O) groups is 1. The first-order chi connectivity index (χ1) is 7.11. The van der Waals surface area contributed by atoms with Crippen LogP contribution in [0.5, 0.6) is 0 Å². The van der Waals surface area contributed by atoms with Crippen molar-refractivity contribution in [2.45, 2.75) is 13.3 Å². The van der Waals surface area contributed by atoms with Crippen LogP contribution in [0.1, 0.15) is 23.0 Å². The molecule has 2 aromatic rings. The monoisotopic (exact) mass is 207 g/mol. The highest BCUT2D eigenvalue weighted by atomic mass is 19.1. The van der Waals surface area contributed by atoms with Crippen LogP contribution in [0.2, 0.25) is 0 Å². The maximum Gasteiger partial charge on any atom is 0.352 e. The molecule has 0 bridgehead atoms. The SMILES string of the molecule is CCc1cc2cc(C(=O)O)[nH]c2cc1F. The Hall–Kier alpha value is -1.84. The predicted octanol–water partition coefficient (Wildman–Crippen LogP) is 2.57. The average molecular weight is 207 g/mol. The zero-order valence-corrected chi connectivity index (χ0v) is 8.17. The van der Waals surface area contributed by atoms with Crippen LogP contribution in [-0.4, -0.2) is 16.1 Å². The number of aromatic nitrogens is 1. The lowest BCUT2D eigenvalue weighted by Crippen LogP contribution is -1.94. The molecule has 0 saturated heterocycles. The number of hydrogen-bond acceptors (Lipinski definition) is 1. The number of carboxylic acids is 1. The molecule has 15 heavy (non-hydrogen) atoms. The quantitative estimate of drug-likeness (QED) is 0.795. The summed E-state index contributed by atoms with van der Waals surface area (Å²) in [6, 6.07) is 4.52. The van der Waals surface area contributed by atoms with Crippen molar-refractivity contribution in [3.63, 3.8) is 0 Å². The Bertz CT molecular complexity index is 531. The van der Waals surface area contributed by atoms with E-state index >= 15 is 0 Å². The Morgan fingerprint density at radius 3 is 2.80 bits per heavy atom. The van der Waals surface area contributed by atoms with Gasteiger partial charge in [0.1, 0.15) is 11.5 Å². The first kappa shape index (κ1) is 9.71. The Morgan fingerprint density at radius 2 is 2.20 bits per heavy atom. The first-order valence-corrected chi connectivity index (χ1v) is 4.66. The largest absolute Gasteiger partial charge is 0.477 e. The molecule has 78 valence electrons. The van der Waals surface area contributed by atoms with Gasteiger partial charge in [0, 0.05) is 10.9 Å². The summed E-state index contributed by atoms with van der Waals surface area (Å²) in [6.45, 7) is 1.86. The summed E-state index contributed by atoms with van der Waals surface area (Å²) in [5.41, 5.74) is 1.19. The lowest BCUT2D eigenvalue weighted by atomic mass is 10.1. The molecule has 0 aliphatic heterocycles. The van der Waals surface area contributed by atoms with Gasteiger partial charge in [-0.3, -0.25) is 0 Å². The van der Waals surface area contributed by atoms with Crippen molar-refractivity contribution in [3.8, 4) is 0 Å². The molecule has 4 heteroatoms. The minimum Gasteiger partial charge on any atom is -0.477 e. The van der Waals surface area contributed by atoms with Gasteiger partial charge in [-0.2, -0.15) is 0 Å². The van der Waals surface area contributed by atoms with Gasteiger partial charge in [-0.25, -0.2) is 9.18 Å². The molecule has 2 rings (SSSR count). The van der Waals surface area contributed by atoms with E-state index < -0.39 is 5.97 Å². The number of aryl methyl sites for hydroxylation is 1. The van der Waals surface area contributed by atoms with Gasteiger partial charge in [0.25, 0.3) is 0 Å². The minimum atomic E-state index is -1.04. The molecular weight excluding hydrogens is 197 g/mol. The molecule has 1 aromatic heterocycles. The lowest BCUT2D eigenvalue weighted by molar-refractivity contribution is 0.0691. The van der Waals surface area contributed by atoms with Gasteiger partial charge in [-0.15, -0.1) is 0 Å². The summed E-state index contributed by atoms with van der Waals surface area (Å²) in [5, 5.41) is 9.48. The molecule has 2 N–H and O–H groups in total. The number of hydrogen-bond donors (Lipinski definition) is 2. The molecule has 0 spiro atoms. The molecule has 1 aromatic carbocycles. The molecule has 0 fully saturated rings. The predicted molar refractivity (Wildman–Crippen MR) is 54.6 cm³/mol. The van der Waals surface area contributed by atoms with Crippen molar-refractivity contribution in [2.24, 2.45) is 0 Å². The molecule has 0 aliphatic carbocycles. The van der Waals surface area contributed by atoms with Gasteiger partial charge in [0.15, 0.2) is 0 Å². The van der Waals surface area contributed by atoms with Crippen molar-refractivity contribution in [3.05, 3.63) is 35.3 Å². The van der Waals surface area contributed by atoms with Gasteiger partial charge < -0.3 is 10.1 Å². The Kier molecular flexibility index (Phi) is 2.19. The highest BCUT2D eigenvalue weighted by molar-refractivity contribution is 5.93. The number of halogens is 1. The summed E-state index contributed by atoms with van der Waals surface area (Å²) in [7, 11) is 0. The zero-order valence-electron chi connectivity index (χ0n) is 8.17. The fraction of sp³-hybridized carbons (Fsp3) is 0.182. The van der Waals surface area contributed by atoms with E-state index in [1.807, 2.05) is 6.92 Å². The first-order valence-electron chi connectivity index (χ1n) is 4.66. The smallest absolute Gasteiger partial charge is 0.352 e. The number of benzene rings is 1. The zero-order chi connectivity index (χ0) is 11.0. The third-order valence-electron chi connectivity index (χ3n) is 2.40. The number of nitrogens with one attached hydrogen (secondary N) is 1. The van der Waals surface area contributed by atoms with E-state index in [9.17, 15) is 9.18 Å². The van der Waals surface area contributed by atoms with E-state index in [-0.39, 0.29) is 11.5 Å². The molecule has 0 radical (unpaired) electrons. The summed E-state index contributed by atoms with van der Waals surface area (Å²) in [5.74, 6) is -1.34. The van der Waals surface area contributed by atoms with Crippen molar-refractivity contribution in [2.75, 3.05) is 0 Å². The van der Waals surface area contributed by atoms with Crippen LogP contribution in [0.3, 0.4) is 0 Å². The molecule has 0 saturated carbocycles. The van der Waals surface area contributed by atoms with Crippen LogP contribution < -0.4 is 0 Å². The number of H-pyrrole nitrogens is 1. The van der Waals surface area contributed by atoms with Crippen molar-refractivity contribution in [1.82, 2.24) is 4.98 Å². The fourth-order valence-electron chi connectivity index (χ4n) is 1.59. The van der Waals surface area contributed by atoms with Crippen molar-refractivity contribution >= 4 is 16.9 Å². The van der Waals surface area contributed by atoms with E-state index in [2.05, 4.69) is 4.98 Å². The standard InChI is InChI=1S/C11H10FNO2/c1-2-6-3-7-4-10(11(14)15)13-9(7)5-8(6)12/h3-5,13H,2H2,1H3,(H,14,15). The maximum absolute atomic E-state index is 13.4. The third-order valence-corrected chi connectivity index (χ3v) is 2.40. The Labute approximate surface area is 85.5 Å². The Morgan fingerprint density at radius 1 is 1.47 bits per heavy atom. The van der Waals surface area contributed by atoms with Crippen LogP contribution in [0.25, 0.3) is 10.9 Å². The summed E-state index contributed by atoms with van der Waals surface area (Å²) in [6.07, 6.45) is 0.593. The topological polar surface area (TPSA) is 53.1 Å². The second-order valence-electron chi connectivity index (χ2n) is 3.37. The second-order valence-corrected chi connectivity index (χ2v) is 3.37. The van der Waals surface area contributed by atoms with Crippen molar-refractivity contribution < 1.29 is 14.3 Å². The van der Waals surface area contributed by atoms with Gasteiger partial charge in [-0.05, 0) is 30.2 Å². The number of carboxylic acid groups (broad SMARTS) is 1. The fourth-order valence-corrected chi connectivity index (χ4v) is 1.59. The molecular formula is C11H10FNO2. The number of fused-ring (bicyclic) bond motifs is 1. The van der Waals surface area contributed by atoms with Crippen LogP contribution in [-0.2, 0) is 6.42 Å². The summed E-state index contributed by atoms with van der Waals surface area (Å²) >= 11 is 0. The molecule has 1 heterocycles. The normalized spacial score (nSPS) is 10.8. The average Bonchev–Trinajstić information content (AvgIpc) is 2.59. The van der Waals surface area contributed by atoms with E-state index in [0.717, 1.165) is 5.39 Å². The van der Waals surface area contributed by atoms with Gasteiger partial charge >= 0.3 is 5.97 Å². The minimum absolute atomic E-state index is 0.0812. The lowest BCUT2D eigenvalue weighted by Gasteiger charge is -1.98. The summed E-state index contributed by atoms with van der Waals surface area (Å²) < 4.78 is 13.4. The summed E-state index contributed by atoms with van der Waals surface area (Å²) in [4.78, 5) is 13.3. The molecule has 0 atom stereocenters. The molecule has 0 aliphatic rings. The van der Waals surface area contributed by atoms with Crippen LogP contribution in [0.4, 0.5) is 4.39 Å². The van der Waals surface area contributed by atoms with E-state index in [1.165, 1.54) is 12.1 Å². The Balaban J connectivity index is 2.66. The third kappa shape index (κ3) is 1.58. The second kappa shape index (κ2) is 3.38. The maximum atomic E-state index is 13.4. The highest BCUT2D eigenvalue weighted by Crippen LogP contribution is 2.20. The number of rotatable bonds is 2. The number of aromatic carboxylic acids is 1. The van der Waals surface area contributed by atoms with Gasteiger partial charge in [-0.1, -0.05) is 6.92 Å². The number of aromatic amines is 1. The van der Waals surface area contributed by atoms with Crippen LogP contribution in [0, 0.1) is 5.82 Å². The van der Waals surface area contributed by atoms with E-state index in [0.29, 0.717) is 17.5 Å². The van der Waals surface area contributed by atoms with E-state index in [1.54, 1.807) is 6.07 Å². The highest BCUT2D eigenvalue weighted by Gasteiger charge is 2.09. The van der Waals surface area contributed by atoms with Crippen LogP contribution >= 0.6 is 0 Å². The van der Waals surface area contributed by atoms with E-state index in [4.69, 9.17) is 5.11 Å². The molecule has 3 nitrogen and oxygen atoms in total.